The van der Waals surface area contributed by atoms with Gasteiger partial charge in [0, 0.05) is 34.8 Å². The van der Waals surface area contributed by atoms with Crippen LogP contribution in [0.2, 0.25) is 0 Å². The Morgan fingerprint density at radius 2 is 1.86 bits per heavy atom. The normalized spacial score (nSPS) is 49.1. The molecule has 4 aliphatic heterocycles. The van der Waals surface area contributed by atoms with Crippen molar-refractivity contribution < 1.29 is 48.7 Å². The number of epoxide rings is 1. The van der Waals surface area contributed by atoms with Crippen molar-refractivity contribution in [2.24, 2.45) is 22.7 Å². The van der Waals surface area contributed by atoms with Crippen molar-refractivity contribution in [1.29, 1.82) is 0 Å². The highest BCUT2D eigenvalue weighted by Crippen LogP contribution is 2.75. The lowest BCUT2D eigenvalue weighted by atomic mass is 9.42. The van der Waals surface area contributed by atoms with Gasteiger partial charge < -0.3 is 40.2 Å². The van der Waals surface area contributed by atoms with Gasteiger partial charge in [0.15, 0.2) is 11.9 Å². The first-order valence-corrected chi connectivity index (χ1v) is 19.8. The van der Waals surface area contributed by atoms with Gasteiger partial charge in [0.2, 0.25) is 0 Å². The first kappa shape index (κ1) is 35.6. The summed E-state index contributed by atoms with van der Waals surface area (Å²) in [6.07, 6.45) is 5.41. The summed E-state index contributed by atoms with van der Waals surface area (Å²) in [7, 11) is 0. The molecule has 12 nitrogen and oxygen atoms in total. The molecule has 2 amide bonds. The lowest BCUT2D eigenvalue weighted by Crippen LogP contribution is -2.73. The number of aliphatic hydroxyl groups is 3. The number of esters is 2. The predicted octanol–water partition coefficient (Wildman–Crippen LogP) is 3.00. The molecule has 3 saturated heterocycles. The molecule has 5 N–H and O–H groups in total. The number of carbonyl (C=O) groups is 4. The molecular formula is C38H52N2O10S. The fourth-order valence-corrected chi connectivity index (χ4v) is 13.5. The minimum Gasteiger partial charge on any atom is -0.455 e. The first-order chi connectivity index (χ1) is 23.9. The van der Waals surface area contributed by atoms with E-state index in [9.17, 15) is 34.5 Å². The van der Waals surface area contributed by atoms with E-state index in [1.165, 1.54) is 13.0 Å². The van der Waals surface area contributed by atoms with Crippen molar-refractivity contribution in [3.63, 3.8) is 0 Å². The van der Waals surface area contributed by atoms with Crippen molar-refractivity contribution in [3.8, 4) is 0 Å². The third-order valence-electron chi connectivity index (χ3n) is 15.4. The largest absolute Gasteiger partial charge is 0.455 e. The van der Waals surface area contributed by atoms with Gasteiger partial charge in [-0.05, 0) is 96.6 Å². The molecule has 14 atom stereocenters. The molecule has 8 rings (SSSR count). The number of urea groups is 1. The number of hydrogen-bond acceptors (Lipinski definition) is 11. The van der Waals surface area contributed by atoms with Crippen LogP contribution in [0.5, 0.6) is 0 Å². The second-order valence-electron chi connectivity index (χ2n) is 17.4. The summed E-state index contributed by atoms with van der Waals surface area (Å²) < 4.78 is 18.3. The van der Waals surface area contributed by atoms with Gasteiger partial charge in [0.05, 0.1) is 29.2 Å². The number of amides is 2. The van der Waals surface area contributed by atoms with Crippen LogP contribution in [-0.4, -0.2) is 103 Å². The zero-order valence-electron chi connectivity index (χ0n) is 30.2. The second-order valence-corrected chi connectivity index (χ2v) is 18.6. The molecule has 0 aromatic heterocycles. The van der Waals surface area contributed by atoms with E-state index >= 15 is 0 Å². The van der Waals surface area contributed by atoms with Crippen LogP contribution in [0.25, 0.3) is 0 Å². The topological polar surface area (TPSA) is 184 Å². The van der Waals surface area contributed by atoms with Gasteiger partial charge in [0.25, 0.3) is 0 Å². The van der Waals surface area contributed by atoms with E-state index in [0.717, 1.165) is 24.2 Å². The Balaban J connectivity index is 0.969. The molecule has 0 aromatic carbocycles. The van der Waals surface area contributed by atoms with Crippen LogP contribution in [0.3, 0.4) is 0 Å². The van der Waals surface area contributed by atoms with E-state index in [1.54, 1.807) is 13.0 Å². The summed E-state index contributed by atoms with van der Waals surface area (Å²) >= 11 is 1.85. The molecule has 13 heteroatoms. The van der Waals surface area contributed by atoms with Crippen LogP contribution in [0.1, 0.15) is 98.8 Å². The minimum atomic E-state index is -1.86. The SMILES string of the molecule is CC1=C(C)C(=O)OC(C(C)(O)[C@]2(O)CC[C@@]3(O)C4C[C@H]5O[C@]56[C@H](OC(=O)CCCCC5SCC7NC(=O)NC75)C=CC(=O)[C@]6(C)C4CC[C@@]32C)C1. The maximum Gasteiger partial charge on any atom is 0.334 e. The molecular weight excluding hydrogens is 676 g/mol. The third-order valence-corrected chi connectivity index (χ3v) is 16.9. The number of nitrogens with one attached hydrogen (secondary N) is 2. The summed E-state index contributed by atoms with van der Waals surface area (Å²) in [5.74, 6) is -0.841. The number of carbonyl (C=O) groups excluding carboxylic acids is 4. The number of fused-ring (bicyclic) bond motifs is 5. The standard InChI is InChI=1S/C38H52N2O10S/c1-19-16-27(49-31(43)20(19)2)35(5,45)37(47)15-14-36(46)22-17-28-38(50-28)26(11-10-25(41)34(38,4)21(22)12-13-33(36,37)3)48-29(42)9-7-6-8-24-30-23(18-51-24)39-32(44)40-30/h10-11,21-24,26-28,30,45-47H,6-9,12-18H2,1-5H3,(H2,39,40,44)/t21?,22?,23?,24?,26-,27?,28-,30?,33+,34+,35?,36-,37+,38-/m1/s1. The number of unbranched alkanes of at least 4 members (excludes halogenated alkanes) is 1. The quantitative estimate of drug-likeness (QED) is 0.107. The molecule has 3 saturated carbocycles. The molecule has 0 radical (unpaired) electrons. The molecule has 280 valence electrons. The molecule has 0 bridgehead atoms. The van der Waals surface area contributed by atoms with Crippen LogP contribution in [0, 0.1) is 22.7 Å². The summed E-state index contributed by atoms with van der Waals surface area (Å²) in [5.41, 5.74) is -7.08. The average molecular weight is 729 g/mol. The summed E-state index contributed by atoms with van der Waals surface area (Å²) in [6.45, 7) is 8.75. The Morgan fingerprint density at radius 1 is 1.10 bits per heavy atom. The molecule has 51 heavy (non-hydrogen) atoms. The number of cyclic esters (lactones) is 1. The zero-order chi connectivity index (χ0) is 36.5. The van der Waals surface area contributed by atoms with Crippen molar-refractivity contribution >= 4 is 35.5 Å². The second kappa shape index (κ2) is 11.5. The van der Waals surface area contributed by atoms with E-state index in [4.69, 9.17) is 14.2 Å². The van der Waals surface area contributed by atoms with Crippen LogP contribution in [0.4, 0.5) is 4.79 Å². The zero-order valence-corrected chi connectivity index (χ0v) is 31.0. The van der Waals surface area contributed by atoms with Crippen LogP contribution in [0.15, 0.2) is 23.3 Å². The molecule has 6 fully saturated rings. The van der Waals surface area contributed by atoms with E-state index in [1.807, 2.05) is 32.5 Å². The van der Waals surface area contributed by atoms with Gasteiger partial charge in [-0.2, -0.15) is 11.8 Å². The van der Waals surface area contributed by atoms with Gasteiger partial charge in [-0.25, -0.2) is 9.59 Å². The number of rotatable bonds is 8. The van der Waals surface area contributed by atoms with Gasteiger partial charge in [-0.3, -0.25) is 9.59 Å². The summed E-state index contributed by atoms with van der Waals surface area (Å²) in [6, 6.07) is 0.177. The molecule has 8 aliphatic rings. The van der Waals surface area contributed by atoms with Gasteiger partial charge in [-0.15, -0.1) is 0 Å². The number of hydrogen-bond donors (Lipinski definition) is 5. The van der Waals surface area contributed by atoms with E-state index in [2.05, 4.69) is 10.6 Å². The highest BCUT2D eigenvalue weighted by molar-refractivity contribution is 8.00. The fraction of sp³-hybridized carbons (Fsp3) is 0.789. The van der Waals surface area contributed by atoms with Crippen molar-refractivity contribution in [3.05, 3.63) is 23.3 Å². The summed E-state index contributed by atoms with van der Waals surface area (Å²) in [4.78, 5) is 51.6. The predicted molar refractivity (Wildman–Crippen MR) is 185 cm³/mol. The van der Waals surface area contributed by atoms with Crippen molar-refractivity contribution in [2.75, 3.05) is 5.75 Å². The van der Waals surface area contributed by atoms with Crippen LogP contribution >= 0.6 is 11.8 Å². The lowest BCUT2D eigenvalue weighted by Gasteiger charge is -2.63. The smallest absolute Gasteiger partial charge is 0.334 e. The fourth-order valence-electron chi connectivity index (χ4n) is 12.0. The van der Waals surface area contributed by atoms with Gasteiger partial charge >= 0.3 is 18.0 Å². The van der Waals surface area contributed by atoms with Crippen molar-refractivity contribution in [1.82, 2.24) is 10.6 Å². The third kappa shape index (κ3) is 4.59. The van der Waals surface area contributed by atoms with Crippen LogP contribution in [-0.2, 0) is 28.6 Å². The molecule has 1 spiro atoms. The number of thioether (sulfide) groups is 1. The van der Waals surface area contributed by atoms with E-state index < -0.39 is 63.4 Å². The Hall–Kier alpha value is -2.45. The molecule has 4 heterocycles. The molecule has 4 aliphatic carbocycles. The van der Waals surface area contributed by atoms with Gasteiger partial charge in [0.1, 0.15) is 22.9 Å². The average Bonchev–Trinajstić information content (AvgIpc) is 3.43. The Morgan fingerprint density at radius 3 is 2.61 bits per heavy atom. The molecule has 7 unspecified atom stereocenters. The lowest BCUT2D eigenvalue weighted by molar-refractivity contribution is -0.283. The Labute approximate surface area is 302 Å². The number of allylic oxidation sites excluding steroid dienone is 1. The number of ether oxygens (including phenoxy) is 3. The monoisotopic (exact) mass is 728 g/mol. The van der Waals surface area contributed by atoms with Gasteiger partial charge in [-0.1, -0.05) is 18.9 Å². The minimum absolute atomic E-state index is 0.0969. The Kier molecular flexibility index (Phi) is 8.04. The highest BCUT2D eigenvalue weighted by atomic mass is 32.2. The van der Waals surface area contributed by atoms with E-state index in [-0.39, 0.29) is 61.5 Å². The highest BCUT2D eigenvalue weighted by Gasteiger charge is 2.85. The maximum atomic E-state index is 14.0. The van der Waals surface area contributed by atoms with Crippen LogP contribution < -0.4 is 10.6 Å². The first-order valence-electron chi connectivity index (χ1n) is 18.8. The maximum absolute atomic E-state index is 14.0. The molecule has 0 aromatic rings. The Bertz CT molecular complexity index is 1630. The van der Waals surface area contributed by atoms with E-state index in [0.29, 0.717) is 36.5 Å². The van der Waals surface area contributed by atoms with Crippen molar-refractivity contribution in [2.45, 2.75) is 157 Å². The summed E-state index contributed by atoms with van der Waals surface area (Å²) in [5, 5.41) is 43.8. The number of ketones is 1.